The first-order chi connectivity index (χ1) is 10.1. The Labute approximate surface area is 133 Å². The van der Waals surface area contributed by atoms with E-state index in [2.05, 4.69) is 11.4 Å². The van der Waals surface area contributed by atoms with E-state index in [4.69, 9.17) is 27.6 Å². The van der Waals surface area contributed by atoms with Crippen molar-refractivity contribution in [3.8, 4) is 0 Å². The molecule has 1 heterocycles. The number of para-hydroxylation sites is 1. The molecule has 0 fully saturated rings. The highest BCUT2D eigenvalue weighted by atomic mass is 35.5. The molecule has 1 aromatic heterocycles. The van der Waals surface area contributed by atoms with Gasteiger partial charge in [-0.3, -0.25) is 0 Å². The van der Waals surface area contributed by atoms with Gasteiger partial charge < -0.3 is 9.73 Å². The number of halogens is 2. The summed E-state index contributed by atoms with van der Waals surface area (Å²) in [5.41, 5.74) is 2.83. The van der Waals surface area contributed by atoms with Crippen LogP contribution in [-0.4, -0.2) is 7.05 Å². The molecule has 0 aliphatic heterocycles. The standard InChI is InChI=1S/C17H15Cl2NO/c1-10-6-7-11(8-14(10)19)16(20-2)15-9-12-4-3-5-13(18)17(12)21-15/h3-9,16,20H,1-2H3. The predicted octanol–water partition coefficient (Wildman–Crippen LogP) is 5.36. The number of fused-ring (bicyclic) bond motifs is 1. The van der Waals surface area contributed by atoms with Crippen LogP contribution in [-0.2, 0) is 0 Å². The molecule has 0 saturated carbocycles. The number of hydrogen-bond acceptors (Lipinski definition) is 2. The van der Waals surface area contributed by atoms with E-state index < -0.39 is 0 Å². The Kier molecular flexibility index (Phi) is 3.94. The van der Waals surface area contributed by atoms with Crippen LogP contribution in [0.2, 0.25) is 10.0 Å². The van der Waals surface area contributed by atoms with Gasteiger partial charge in [0.1, 0.15) is 5.76 Å². The molecule has 0 radical (unpaired) electrons. The molecule has 1 unspecified atom stereocenters. The Morgan fingerprint density at radius 2 is 1.86 bits per heavy atom. The minimum Gasteiger partial charge on any atom is -0.457 e. The highest BCUT2D eigenvalue weighted by Crippen LogP contribution is 2.32. The molecule has 2 aromatic carbocycles. The van der Waals surface area contributed by atoms with Crippen molar-refractivity contribution in [1.82, 2.24) is 5.32 Å². The molecular weight excluding hydrogens is 305 g/mol. The topological polar surface area (TPSA) is 25.2 Å². The third-order valence-electron chi connectivity index (χ3n) is 3.62. The Morgan fingerprint density at radius 1 is 1.05 bits per heavy atom. The van der Waals surface area contributed by atoms with Crippen molar-refractivity contribution in [3.05, 3.63) is 69.4 Å². The Balaban J connectivity index is 2.09. The summed E-state index contributed by atoms with van der Waals surface area (Å²) in [4.78, 5) is 0. The van der Waals surface area contributed by atoms with Gasteiger partial charge >= 0.3 is 0 Å². The van der Waals surface area contributed by atoms with Gasteiger partial charge in [-0.25, -0.2) is 0 Å². The Bertz CT molecular complexity index is 795. The average molecular weight is 320 g/mol. The lowest BCUT2D eigenvalue weighted by molar-refractivity contribution is 0.491. The molecule has 2 nitrogen and oxygen atoms in total. The van der Waals surface area contributed by atoms with Gasteiger partial charge in [0.25, 0.3) is 0 Å². The molecule has 3 rings (SSSR count). The summed E-state index contributed by atoms with van der Waals surface area (Å²) in [6, 6.07) is 13.7. The predicted molar refractivity (Wildman–Crippen MR) is 88.3 cm³/mol. The fourth-order valence-corrected chi connectivity index (χ4v) is 2.86. The van der Waals surface area contributed by atoms with E-state index in [0.717, 1.165) is 27.3 Å². The minimum absolute atomic E-state index is 0.0634. The lowest BCUT2D eigenvalue weighted by Crippen LogP contribution is -2.17. The Morgan fingerprint density at radius 3 is 2.52 bits per heavy atom. The Hall–Kier alpha value is -1.48. The van der Waals surface area contributed by atoms with Crippen LogP contribution in [0.25, 0.3) is 11.0 Å². The molecule has 21 heavy (non-hydrogen) atoms. The molecule has 1 N–H and O–H groups in total. The van der Waals surface area contributed by atoms with Gasteiger partial charge in [-0.05, 0) is 43.3 Å². The van der Waals surface area contributed by atoms with Crippen molar-refractivity contribution in [2.45, 2.75) is 13.0 Å². The van der Waals surface area contributed by atoms with E-state index in [1.54, 1.807) is 0 Å². The van der Waals surface area contributed by atoms with Gasteiger partial charge in [0.05, 0.1) is 11.1 Å². The lowest BCUT2D eigenvalue weighted by atomic mass is 10.0. The van der Waals surface area contributed by atoms with Crippen LogP contribution in [0.3, 0.4) is 0 Å². The van der Waals surface area contributed by atoms with Crippen molar-refractivity contribution in [2.75, 3.05) is 7.05 Å². The second-order valence-corrected chi connectivity index (χ2v) is 5.85. The molecule has 3 aromatic rings. The van der Waals surface area contributed by atoms with Gasteiger partial charge in [0.2, 0.25) is 0 Å². The first kappa shape index (κ1) is 14.5. The summed E-state index contributed by atoms with van der Waals surface area (Å²) in [5, 5.41) is 5.64. The fraction of sp³-hybridized carbons (Fsp3) is 0.176. The van der Waals surface area contributed by atoms with Gasteiger partial charge in [-0.1, -0.05) is 47.5 Å². The van der Waals surface area contributed by atoms with Crippen molar-refractivity contribution in [2.24, 2.45) is 0 Å². The maximum absolute atomic E-state index is 6.23. The number of nitrogens with one attached hydrogen (secondary N) is 1. The molecule has 1 atom stereocenters. The summed E-state index contributed by atoms with van der Waals surface area (Å²) in [6.07, 6.45) is 0. The van der Waals surface area contributed by atoms with Crippen molar-refractivity contribution in [3.63, 3.8) is 0 Å². The van der Waals surface area contributed by atoms with Gasteiger partial charge in [0, 0.05) is 10.4 Å². The van der Waals surface area contributed by atoms with Gasteiger partial charge in [0.15, 0.2) is 5.58 Å². The molecule has 4 heteroatoms. The second kappa shape index (κ2) is 5.72. The largest absolute Gasteiger partial charge is 0.457 e. The fourth-order valence-electron chi connectivity index (χ4n) is 2.45. The van der Waals surface area contributed by atoms with Crippen LogP contribution < -0.4 is 5.32 Å². The third-order valence-corrected chi connectivity index (χ3v) is 4.32. The summed E-state index contributed by atoms with van der Waals surface area (Å²) < 4.78 is 5.94. The summed E-state index contributed by atoms with van der Waals surface area (Å²) in [5.74, 6) is 0.820. The van der Waals surface area contributed by atoms with Crippen LogP contribution in [0.5, 0.6) is 0 Å². The molecule has 0 saturated heterocycles. The smallest absolute Gasteiger partial charge is 0.152 e. The average Bonchev–Trinajstić information content (AvgIpc) is 2.89. The zero-order valence-electron chi connectivity index (χ0n) is 11.8. The molecule has 0 spiro atoms. The quantitative estimate of drug-likeness (QED) is 0.703. The van der Waals surface area contributed by atoms with Crippen LogP contribution in [0, 0.1) is 6.92 Å². The maximum atomic E-state index is 6.23. The van der Waals surface area contributed by atoms with Crippen LogP contribution >= 0.6 is 23.2 Å². The number of aryl methyl sites for hydroxylation is 1. The van der Waals surface area contributed by atoms with Crippen molar-refractivity contribution >= 4 is 34.2 Å². The van der Waals surface area contributed by atoms with Crippen LogP contribution in [0.15, 0.2) is 46.9 Å². The number of benzene rings is 2. The monoisotopic (exact) mass is 319 g/mol. The van der Waals surface area contributed by atoms with E-state index in [-0.39, 0.29) is 6.04 Å². The summed E-state index contributed by atoms with van der Waals surface area (Å²) in [7, 11) is 1.90. The van der Waals surface area contributed by atoms with Crippen molar-refractivity contribution < 1.29 is 4.42 Å². The highest BCUT2D eigenvalue weighted by Gasteiger charge is 2.18. The normalized spacial score (nSPS) is 12.8. The number of furan rings is 1. The first-order valence-electron chi connectivity index (χ1n) is 6.71. The molecule has 0 aliphatic rings. The van der Waals surface area contributed by atoms with Crippen molar-refractivity contribution in [1.29, 1.82) is 0 Å². The second-order valence-electron chi connectivity index (χ2n) is 5.04. The van der Waals surface area contributed by atoms with Crippen LogP contribution in [0.1, 0.15) is 22.9 Å². The zero-order valence-corrected chi connectivity index (χ0v) is 13.3. The minimum atomic E-state index is -0.0634. The van der Waals surface area contributed by atoms with E-state index >= 15 is 0 Å². The van der Waals surface area contributed by atoms with Crippen LogP contribution in [0.4, 0.5) is 0 Å². The maximum Gasteiger partial charge on any atom is 0.152 e. The number of hydrogen-bond donors (Lipinski definition) is 1. The molecule has 0 aliphatic carbocycles. The SMILES string of the molecule is CNC(c1ccc(C)c(Cl)c1)c1cc2cccc(Cl)c2o1. The van der Waals surface area contributed by atoms with Gasteiger partial charge in [-0.2, -0.15) is 0 Å². The number of rotatable bonds is 3. The summed E-state index contributed by atoms with van der Waals surface area (Å²) in [6.45, 7) is 1.99. The van der Waals surface area contributed by atoms with E-state index in [0.29, 0.717) is 10.6 Å². The summed E-state index contributed by atoms with van der Waals surface area (Å²) >= 11 is 12.4. The molecule has 0 amide bonds. The third kappa shape index (κ3) is 2.67. The van der Waals surface area contributed by atoms with E-state index in [1.807, 2.05) is 50.4 Å². The lowest BCUT2D eigenvalue weighted by Gasteiger charge is -2.15. The van der Waals surface area contributed by atoms with E-state index in [1.165, 1.54) is 0 Å². The zero-order chi connectivity index (χ0) is 15.0. The molecule has 108 valence electrons. The van der Waals surface area contributed by atoms with E-state index in [9.17, 15) is 0 Å². The molecule has 0 bridgehead atoms. The highest BCUT2D eigenvalue weighted by molar-refractivity contribution is 6.34. The molecular formula is C17H15Cl2NO. The first-order valence-corrected chi connectivity index (χ1v) is 7.47. The van der Waals surface area contributed by atoms with Gasteiger partial charge in [-0.15, -0.1) is 0 Å².